The molecule has 0 atom stereocenters. The normalized spacial score (nSPS) is 16.1. The highest BCUT2D eigenvalue weighted by atomic mass is 16.5. The van der Waals surface area contributed by atoms with Gasteiger partial charge in [-0.1, -0.05) is 5.16 Å². The largest absolute Gasteiger partial charge is 0.396 e. The van der Waals surface area contributed by atoms with E-state index in [0.29, 0.717) is 6.42 Å². The lowest BCUT2D eigenvalue weighted by molar-refractivity contribution is 0.276. The zero-order valence-electron chi connectivity index (χ0n) is 7.05. The Morgan fingerprint density at radius 2 is 2.17 bits per heavy atom. The van der Waals surface area contributed by atoms with Gasteiger partial charge in [0.15, 0.2) is 0 Å². The van der Waals surface area contributed by atoms with Crippen molar-refractivity contribution in [3.05, 3.63) is 17.0 Å². The van der Waals surface area contributed by atoms with Crippen molar-refractivity contribution >= 4 is 0 Å². The first kappa shape index (κ1) is 7.80. The Labute approximate surface area is 71.4 Å². The molecule has 1 heterocycles. The molecule has 1 N–H and O–H groups in total. The van der Waals surface area contributed by atoms with E-state index in [4.69, 9.17) is 9.63 Å². The molecule has 0 amide bonds. The van der Waals surface area contributed by atoms with E-state index in [0.717, 1.165) is 24.3 Å². The van der Waals surface area contributed by atoms with Crippen molar-refractivity contribution in [3.8, 4) is 0 Å². The van der Waals surface area contributed by atoms with Gasteiger partial charge < -0.3 is 9.63 Å². The molecule has 1 aliphatic rings. The molecule has 0 saturated heterocycles. The molecule has 1 aliphatic carbocycles. The van der Waals surface area contributed by atoms with Crippen LogP contribution in [0.3, 0.4) is 0 Å². The fourth-order valence-corrected chi connectivity index (χ4v) is 1.75. The van der Waals surface area contributed by atoms with Gasteiger partial charge in [-0.15, -0.1) is 0 Å². The number of hydrogen-bond donors (Lipinski definition) is 1. The van der Waals surface area contributed by atoms with Gasteiger partial charge in [-0.2, -0.15) is 0 Å². The number of aliphatic hydroxyl groups excluding tert-OH is 1. The molecule has 66 valence electrons. The van der Waals surface area contributed by atoms with Gasteiger partial charge in [-0.3, -0.25) is 0 Å². The Bertz CT molecular complexity index is 267. The molecule has 0 unspecified atom stereocenters. The van der Waals surface area contributed by atoms with E-state index >= 15 is 0 Å². The van der Waals surface area contributed by atoms with Crippen LogP contribution in [0.25, 0.3) is 0 Å². The van der Waals surface area contributed by atoms with Crippen LogP contribution in [0.4, 0.5) is 0 Å². The van der Waals surface area contributed by atoms with Gasteiger partial charge in [0.25, 0.3) is 0 Å². The monoisotopic (exact) mass is 167 g/mol. The molecule has 1 aromatic heterocycles. The predicted molar refractivity (Wildman–Crippen MR) is 43.9 cm³/mol. The average Bonchev–Trinajstić information content (AvgIpc) is 2.50. The number of nitrogens with zero attached hydrogens (tertiary/aromatic N) is 1. The minimum Gasteiger partial charge on any atom is -0.396 e. The Kier molecular flexibility index (Phi) is 2.13. The van der Waals surface area contributed by atoms with E-state index in [1.54, 1.807) is 0 Å². The molecule has 3 nitrogen and oxygen atoms in total. The molecule has 0 spiro atoms. The third-order valence-corrected chi connectivity index (χ3v) is 2.38. The van der Waals surface area contributed by atoms with Crippen LogP contribution in [0.5, 0.6) is 0 Å². The summed E-state index contributed by atoms with van der Waals surface area (Å²) in [5, 5.41) is 12.7. The van der Waals surface area contributed by atoms with E-state index in [1.165, 1.54) is 18.4 Å². The van der Waals surface area contributed by atoms with Crippen LogP contribution in [-0.2, 0) is 19.3 Å². The summed E-state index contributed by atoms with van der Waals surface area (Å²) in [7, 11) is 0. The Morgan fingerprint density at radius 1 is 1.33 bits per heavy atom. The van der Waals surface area contributed by atoms with Crippen molar-refractivity contribution in [2.75, 3.05) is 6.61 Å². The summed E-state index contributed by atoms with van der Waals surface area (Å²) in [6.45, 7) is 0.154. The Morgan fingerprint density at radius 3 is 3.00 bits per heavy atom. The summed E-state index contributed by atoms with van der Waals surface area (Å²) in [5.74, 6) is 0.896. The van der Waals surface area contributed by atoms with Gasteiger partial charge in [-0.25, -0.2) is 0 Å². The van der Waals surface area contributed by atoms with E-state index in [9.17, 15) is 0 Å². The van der Waals surface area contributed by atoms with Gasteiger partial charge in [0, 0.05) is 12.0 Å². The van der Waals surface area contributed by atoms with Crippen LogP contribution >= 0.6 is 0 Å². The molecule has 0 bridgehead atoms. The fraction of sp³-hybridized carbons (Fsp3) is 0.667. The topological polar surface area (TPSA) is 46.3 Å². The quantitative estimate of drug-likeness (QED) is 0.717. The molecule has 0 fully saturated rings. The number of fused-ring (bicyclic) bond motifs is 1. The van der Waals surface area contributed by atoms with Crippen LogP contribution in [-0.4, -0.2) is 16.9 Å². The summed E-state index contributed by atoms with van der Waals surface area (Å²) in [6.07, 6.45) is 5.19. The van der Waals surface area contributed by atoms with Crippen molar-refractivity contribution in [3.63, 3.8) is 0 Å². The third-order valence-electron chi connectivity index (χ3n) is 2.38. The van der Waals surface area contributed by atoms with Crippen LogP contribution in [0.15, 0.2) is 4.52 Å². The third kappa shape index (κ3) is 1.25. The van der Waals surface area contributed by atoms with Gasteiger partial charge in [-0.05, 0) is 25.7 Å². The second kappa shape index (κ2) is 3.27. The summed E-state index contributed by atoms with van der Waals surface area (Å²) < 4.78 is 5.15. The summed E-state index contributed by atoms with van der Waals surface area (Å²) in [6, 6.07) is 0. The van der Waals surface area contributed by atoms with Crippen molar-refractivity contribution in [1.29, 1.82) is 0 Å². The van der Waals surface area contributed by atoms with Crippen LogP contribution in [0, 0.1) is 0 Å². The maximum atomic E-state index is 8.75. The molecule has 3 heteroatoms. The SMILES string of the molecule is OCCc1onc2c1CCCC2. The van der Waals surface area contributed by atoms with Crippen molar-refractivity contribution in [2.24, 2.45) is 0 Å². The molecular formula is C9H13NO2. The predicted octanol–water partition coefficient (Wildman–Crippen LogP) is 1.09. The van der Waals surface area contributed by atoms with Crippen molar-refractivity contribution in [2.45, 2.75) is 32.1 Å². The summed E-state index contributed by atoms with van der Waals surface area (Å²) in [4.78, 5) is 0. The first-order valence-electron chi connectivity index (χ1n) is 4.49. The first-order chi connectivity index (χ1) is 5.92. The highest BCUT2D eigenvalue weighted by molar-refractivity contribution is 5.25. The Hall–Kier alpha value is -0.830. The average molecular weight is 167 g/mol. The number of hydrogen-bond acceptors (Lipinski definition) is 3. The van der Waals surface area contributed by atoms with E-state index in [2.05, 4.69) is 5.16 Å². The lowest BCUT2D eigenvalue weighted by atomic mass is 9.95. The highest BCUT2D eigenvalue weighted by Gasteiger charge is 2.18. The minimum absolute atomic E-state index is 0.154. The van der Waals surface area contributed by atoms with E-state index in [-0.39, 0.29) is 6.61 Å². The van der Waals surface area contributed by atoms with Crippen LogP contribution in [0.2, 0.25) is 0 Å². The molecule has 12 heavy (non-hydrogen) atoms. The molecule has 0 radical (unpaired) electrons. The zero-order valence-corrected chi connectivity index (χ0v) is 7.05. The fourth-order valence-electron chi connectivity index (χ4n) is 1.75. The van der Waals surface area contributed by atoms with E-state index in [1.807, 2.05) is 0 Å². The van der Waals surface area contributed by atoms with E-state index < -0.39 is 0 Å². The van der Waals surface area contributed by atoms with Crippen molar-refractivity contribution < 1.29 is 9.63 Å². The molecule has 1 aromatic rings. The highest BCUT2D eigenvalue weighted by Crippen LogP contribution is 2.23. The summed E-state index contributed by atoms with van der Waals surface area (Å²) in [5.41, 5.74) is 2.38. The molecule has 0 aliphatic heterocycles. The van der Waals surface area contributed by atoms with Gasteiger partial charge in [0.1, 0.15) is 5.76 Å². The molecule has 0 saturated carbocycles. The molecular weight excluding hydrogens is 154 g/mol. The van der Waals surface area contributed by atoms with Crippen LogP contribution < -0.4 is 0 Å². The number of rotatable bonds is 2. The summed E-state index contributed by atoms with van der Waals surface area (Å²) >= 11 is 0. The first-order valence-corrected chi connectivity index (χ1v) is 4.49. The molecule has 2 rings (SSSR count). The molecule has 0 aromatic carbocycles. The number of aromatic nitrogens is 1. The van der Waals surface area contributed by atoms with Crippen molar-refractivity contribution in [1.82, 2.24) is 5.16 Å². The standard InChI is InChI=1S/C9H13NO2/c11-6-5-9-7-3-1-2-4-8(7)10-12-9/h11H,1-6H2. The Balaban J connectivity index is 2.25. The second-order valence-electron chi connectivity index (χ2n) is 3.21. The van der Waals surface area contributed by atoms with Gasteiger partial charge in [0.05, 0.1) is 12.3 Å². The number of aryl methyl sites for hydroxylation is 1. The lowest BCUT2D eigenvalue weighted by Crippen LogP contribution is -2.03. The van der Waals surface area contributed by atoms with Gasteiger partial charge >= 0.3 is 0 Å². The smallest absolute Gasteiger partial charge is 0.142 e. The second-order valence-corrected chi connectivity index (χ2v) is 3.21. The minimum atomic E-state index is 0.154. The lowest BCUT2D eigenvalue weighted by Gasteiger charge is -2.08. The van der Waals surface area contributed by atoms with Gasteiger partial charge in [0.2, 0.25) is 0 Å². The number of aliphatic hydroxyl groups is 1. The maximum absolute atomic E-state index is 8.75. The maximum Gasteiger partial charge on any atom is 0.142 e. The van der Waals surface area contributed by atoms with Crippen LogP contribution in [0.1, 0.15) is 29.9 Å². The zero-order chi connectivity index (χ0) is 8.39.